The first-order chi connectivity index (χ1) is 16.2. The number of allylic oxidation sites excluding steroid dienone is 4. The third-order valence-electron chi connectivity index (χ3n) is 7.99. The second-order valence-corrected chi connectivity index (χ2v) is 10.9. The van der Waals surface area contributed by atoms with Crippen LogP contribution in [0, 0.1) is 22.7 Å². The van der Waals surface area contributed by atoms with Gasteiger partial charge in [0.15, 0.2) is 18.0 Å². The van der Waals surface area contributed by atoms with Crippen molar-refractivity contribution in [3.05, 3.63) is 23.8 Å². The minimum Gasteiger partial charge on any atom is -0.457 e. The van der Waals surface area contributed by atoms with Crippen LogP contribution < -0.4 is 0 Å². The van der Waals surface area contributed by atoms with Crippen LogP contribution in [0.1, 0.15) is 80.1 Å². The molecule has 0 radical (unpaired) electrons. The summed E-state index contributed by atoms with van der Waals surface area (Å²) >= 11 is 0. The molecule has 8 heteroatoms. The molecule has 2 aliphatic rings. The molecule has 4 unspecified atom stereocenters. The highest BCUT2D eigenvalue weighted by atomic mass is 19.1. The highest BCUT2D eigenvalue weighted by Crippen LogP contribution is 2.59. The first-order valence-electron chi connectivity index (χ1n) is 12.4. The number of carbonyl (C=O) groups excluding carboxylic acids is 4. The third kappa shape index (κ3) is 6.26. The molecular weight excluding hydrogens is 455 g/mol. The van der Waals surface area contributed by atoms with E-state index in [2.05, 4.69) is 0 Å². The number of aliphatic hydroxyl groups excluding tert-OH is 1. The van der Waals surface area contributed by atoms with Gasteiger partial charge in [0, 0.05) is 17.3 Å². The van der Waals surface area contributed by atoms with Crippen LogP contribution in [0.3, 0.4) is 0 Å². The predicted molar refractivity (Wildman–Crippen MR) is 128 cm³/mol. The average Bonchev–Trinajstić information content (AvgIpc) is 3.03. The second-order valence-electron chi connectivity index (χ2n) is 10.9. The summed E-state index contributed by atoms with van der Waals surface area (Å²) in [6.07, 6.45) is 4.24. The summed E-state index contributed by atoms with van der Waals surface area (Å²) in [6, 6.07) is 0. The molecule has 5 atom stereocenters. The lowest BCUT2D eigenvalue weighted by Crippen LogP contribution is -2.57. The molecule has 35 heavy (non-hydrogen) atoms. The van der Waals surface area contributed by atoms with E-state index in [1.807, 2.05) is 26.8 Å². The average molecular weight is 495 g/mol. The molecule has 0 bridgehead atoms. The molecule has 196 valence electrons. The van der Waals surface area contributed by atoms with Gasteiger partial charge in [-0.25, -0.2) is 4.79 Å². The van der Waals surface area contributed by atoms with Gasteiger partial charge in [-0.2, -0.15) is 0 Å². The van der Waals surface area contributed by atoms with E-state index in [0.717, 1.165) is 5.57 Å². The molecule has 1 N–H and O–H groups in total. The number of hydrogen-bond acceptors (Lipinski definition) is 7. The van der Waals surface area contributed by atoms with Crippen LogP contribution in [0.25, 0.3) is 0 Å². The van der Waals surface area contributed by atoms with Crippen molar-refractivity contribution in [2.24, 2.45) is 22.7 Å². The maximum atomic E-state index is 13.7. The van der Waals surface area contributed by atoms with E-state index in [1.165, 1.54) is 0 Å². The zero-order chi connectivity index (χ0) is 26.6. The highest BCUT2D eigenvalue weighted by molar-refractivity contribution is 6.01. The molecule has 0 aromatic rings. The summed E-state index contributed by atoms with van der Waals surface area (Å²) in [5.74, 6) is -1.52. The smallest absolute Gasteiger partial charge is 0.457 e. The first-order valence-corrected chi connectivity index (χ1v) is 12.4. The lowest BCUT2D eigenvalue weighted by atomic mass is 9.62. The van der Waals surface area contributed by atoms with Crippen molar-refractivity contribution in [3.63, 3.8) is 0 Å². The molecule has 1 saturated carbocycles. The van der Waals surface area contributed by atoms with Crippen molar-refractivity contribution in [2.75, 3.05) is 6.61 Å². The van der Waals surface area contributed by atoms with Gasteiger partial charge in [-0.1, -0.05) is 46.3 Å². The van der Waals surface area contributed by atoms with Crippen molar-refractivity contribution in [3.8, 4) is 0 Å². The summed E-state index contributed by atoms with van der Waals surface area (Å²) in [5.41, 5.74) is -2.19. The second kappa shape index (κ2) is 11.1. The fourth-order valence-electron chi connectivity index (χ4n) is 6.07. The molecule has 1 fully saturated rings. The first kappa shape index (κ1) is 28.9. The van der Waals surface area contributed by atoms with E-state index < -0.39 is 41.7 Å². The molecule has 2 rings (SSSR count). The van der Waals surface area contributed by atoms with Crippen molar-refractivity contribution in [1.29, 1.82) is 0 Å². The van der Waals surface area contributed by atoms with Gasteiger partial charge in [0.25, 0.3) is 0 Å². The van der Waals surface area contributed by atoms with Crippen LogP contribution in [0.2, 0.25) is 0 Å². The van der Waals surface area contributed by atoms with Gasteiger partial charge in [-0.05, 0) is 63.0 Å². The molecular formula is C27H39FO7. The number of ketones is 2. The van der Waals surface area contributed by atoms with Crippen molar-refractivity contribution >= 4 is 23.8 Å². The van der Waals surface area contributed by atoms with Gasteiger partial charge in [-0.15, -0.1) is 4.39 Å². The Hall–Kier alpha value is -2.35. The molecule has 0 aromatic heterocycles. The normalized spacial score (nSPS) is 29.3. The SMILES string of the molecule is CCC(=O)OCC(=O)[C@@]1(OC(=O)F)CCC(C(C)CCC2=CC(=O)C=CC2(C)C)C1(C)CC(C)O. The van der Waals surface area contributed by atoms with Gasteiger partial charge >= 0.3 is 12.2 Å². The van der Waals surface area contributed by atoms with Crippen LogP contribution in [0.5, 0.6) is 0 Å². The number of aliphatic hydroxyl groups is 1. The lowest BCUT2D eigenvalue weighted by Gasteiger charge is -2.46. The number of hydrogen-bond donors (Lipinski definition) is 1. The van der Waals surface area contributed by atoms with Gasteiger partial charge in [-0.3, -0.25) is 14.4 Å². The molecule has 0 aromatic carbocycles. The standard InChI is InChI=1S/C27H39FO7/c1-7-23(32)34-16-22(31)27(35-24(28)33)13-11-21(26(27,6)15-18(3)29)17(2)8-9-19-14-20(30)10-12-25(19,4)5/h10,12,14,17-18,21,29H,7-9,11,13,15-16H2,1-6H3/t17?,18?,21?,26?,27-/m0/s1. The molecule has 2 aliphatic carbocycles. The minimum absolute atomic E-state index is 0.00244. The summed E-state index contributed by atoms with van der Waals surface area (Å²) in [6.45, 7) is 10.4. The van der Waals surface area contributed by atoms with E-state index in [4.69, 9.17) is 9.47 Å². The highest BCUT2D eigenvalue weighted by Gasteiger charge is 2.65. The number of carbonyl (C=O) groups is 4. The van der Waals surface area contributed by atoms with Gasteiger partial charge in [0.1, 0.15) is 0 Å². The third-order valence-corrected chi connectivity index (χ3v) is 7.99. The summed E-state index contributed by atoms with van der Waals surface area (Å²) < 4.78 is 23.9. The van der Waals surface area contributed by atoms with Gasteiger partial charge < -0.3 is 14.6 Å². The van der Waals surface area contributed by atoms with E-state index in [1.54, 1.807) is 32.9 Å². The summed E-state index contributed by atoms with van der Waals surface area (Å²) in [7, 11) is 0. The monoisotopic (exact) mass is 494 g/mol. The Labute approximate surface area is 207 Å². The number of halogens is 1. The Morgan fingerprint density at radius 2 is 1.89 bits per heavy atom. The quantitative estimate of drug-likeness (QED) is 0.316. The maximum absolute atomic E-state index is 13.7. The van der Waals surface area contributed by atoms with Crippen molar-refractivity contribution in [1.82, 2.24) is 0 Å². The Morgan fingerprint density at radius 3 is 2.46 bits per heavy atom. The molecule has 0 heterocycles. The van der Waals surface area contributed by atoms with Crippen LogP contribution in [-0.4, -0.2) is 47.2 Å². The van der Waals surface area contributed by atoms with Gasteiger partial charge in [0.2, 0.25) is 5.78 Å². The topological polar surface area (TPSA) is 107 Å². The lowest BCUT2D eigenvalue weighted by molar-refractivity contribution is -0.167. The van der Waals surface area contributed by atoms with E-state index in [-0.39, 0.29) is 42.3 Å². The Bertz CT molecular complexity index is 903. The van der Waals surface area contributed by atoms with Crippen LogP contribution in [-0.2, 0) is 23.9 Å². The Balaban J connectivity index is 2.35. The number of ether oxygens (including phenoxy) is 2. The van der Waals surface area contributed by atoms with Crippen LogP contribution >= 0.6 is 0 Å². The number of rotatable bonds is 11. The largest absolute Gasteiger partial charge is 0.496 e. The molecule has 0 aliphatic heterocycles. The molecule has 0 amide bonds. The summed E-state index contributed by atoms with van der Waals surface area (Å²) in [4.78, 5) is 48.5. The Kier molecular flexibility index (Phi) is 9.20. The van der Waals surface area contributed by atoms with Crippen molar-refractivity contribution < 1.29 is 38.1 Å². The van der Waals surface area contributed by atoms with Crippen LogP contribution in [0.4, 0.5) is 9.18 Å². The summed E-state index contributed by atoms with van der Waals surface area (Å²) in [5, 5.41) is 10.3. The molecule has 0 saturated heterocycles. The minimum atomic E-state index is -2.08. The Morgan fingerprint density at radius 1 is 1.23 bits per heavy atom. The molecule has 0 spiro atoms. The fraction of sp³-hybridized carbons (Fsp3) is 0.704. The maximum Gasteiger partial charge on any atom is 0.496 e. The van der Waals surface area contributed by atoms with E-state index in [9.17, 15) is 28.7 Å². The fourth-order valence-corrected chi connectivity index (χ4v) is 6.07. The zero-order valence-corrected chi connectivity index (χ0v) is 21.7. The van der Waals surface area contributed by atoms with Gasteiger partial charge in [0.05, 0.1) is 6.10 Å². The predicted octanol–water partition coefficient (Wildman–Crippen LogP) is 5.05. The number of Topliss-reactive ketones (excluding diaryl/α,β-unsaturated/α-hetero) is 1. The molecule has 7 nitrogen and oxygen atoms in total. The van der Waals surface area contributed by atoms with Crippen LogP contribution in [0.15, 0.2) is 23.8 Å². The van der Waals surface area contributed by atoms with Crippen molar-refractivity contribution in [2.45, 2.75) is 91.8 Å². The number of esters is 1. The van der Waals surface area contributed by atoms with E-state index >= 15 is 0 Å². The van der Waals surface area contributed by atoms with E-state index in [0.29, 0.717) is 19.3 Å². The zero-order valence-electron chi connectivity index (χ0n) is 21.7.